The summed E-state index contributed by atoms with van der Waals surface area (Å²) in [5.74, 6) is 0.985. The number of hydrogen-bond acceptors (Lipinski definition) is 6. The largest absolute Gasteiger partial charge is 0.392 e. The van der Waals surface area contributed by atoms with Gasteiger partial charge in [0, 0.05) is 31.3 Å². The summed E-state index contributed by atoms with van der Waals surface area (Å²) < 4.78 is 5.56. The Kier molecular flexibility index (Phi) is 5.42. The molecule has 3 aromatic rings. The third-order valence-corrected chi connectivity index (χ3v) is 5.04. The molecule has 1 amide bonds. The number of aromatic nitrogens is 2. The molecule has 2 heterocycles. The van der Waals surface area contributed by atoms with Gasteiger partial charge in [0.05, 0.1) is 12.1 Å². The lowest BCUT2D eigenvalue weighted by Crippen LogP contribution is -2.24. The lowest BCUT2D eigenvalue weighted by Gasteiger charge is -2.21. The number of carbonyl (C=O) groups is 1. The summed E-state index contributed by atoms with van der Waals surface area (Å²) in [4.78, 5) is 17.9. The summed E-state index contributed by atoms with van der Waals surface area (Å²) in [5.41, 5.74) is 3.89. The zero-order chi connectivity index (χ0) is 20.4. The van der Waals surface area contributed by atoms with Crippen molar-refractivity contribution in [3.05, 3.63) is 65.5 Å². The molecule has 1 aliphatic rings. The van der Waals surface area contributed by atoms with Gasteiger partial charge in [0.15, 0.2) is 0 Å². The van der Waals surface area contributed by atoms with E-state index in [1.165, 1.54) is 6.92 Å². The second kappa shape index (κ2) is 8.14. The smallest absolute Gasteiger partial charge is 0.244 e. The Morgan fingerprint density at radius 3 is 2.79 bits per heavy atom. The highest BCUT2D eigenvalue weighted by Gasteiger charge is 2.35. The van der Waals surface area contributed by atoms with Gasteiger partial charge in [0.1, 0.15) is 0 Å². The van der Waals surface area contributed by atoms with Crippen LogP contribution in [-0.4, -0.2) is 38.7 Å². The summed E-state index contributed by atoms with van der Waals surface area (Å²) >= 11 is 0. The fourth-order valence-electron chi connectivity index (χ4n) is 3.71. The zero-order valence-electron chi connectivity index (χ0n) is 16.5. The topological polar surface area (TPSA) is 91.5 Å². The number of aliphatic hydroxyl groups excluding tert-OH is 1. The summed E-state index contributed by atoms with van der Waals surface area (Å²) in [6, 6.07) is 15.5. The second-order valence-electron chi connectivity index (χ2n) is 7.54. The van der Waals surface area contributed by atoms with Crippen LogP contribution in [0.1, 0.15) is 36.4 Å². The number of likely N-dealkylation sites (tertiary alicyclic amines) is 1. The normalized spacial score (nSPS) is 19.4. The molecule has 29 heavy (non-hydrogen) atoms. The van der Waals surface area contributed by atoms with Crippen LogP contribution in [0.4, 0.5) is 5.69 Å². The molecule has 0 saturated carbocycles. The van der Waals surface area contributed by atoms with Crippen molar-refractivity contribution in [1.29, 1.82) is 0 Å². The first-order chi connectivity index (χ1) is 14.0. The van der Waals surface area contributed by atoms with E-state index in [-0.39, 0.29) is 11.9 Å². The molecule has 150 valence electrons. The Morgan fingerprint density at radius 2 is 2.07 bits per heavy atom. The molecule has 7 nitrogen and oxygen atoms in total. The summed E-state index contributed by atoms with van der Waals surface area (Å²) in [5, 5.41) is 17.1. The average molecular weight is 392 g/mol. The Morgan fingerprint density at radius 1 is 1.28 bits per heavy atom. The maximum atomic E-state index is 11.2. The van der Waals surface area contributed by atoms with Crippen molar-refractivity contribution in [2.24, 2.45) is 0 Å². The molecule has 2 atom stereocenters. The van der Waals surface area contributed by atoms with Gasteiger partial charge in [-0.25, -0.2) is 0 Å². The number of nitrogens with one attached hydrogen (secondary N) is 1. The molecule has 7 heteroatoms. The minimum atomic E-state index is -0.437. The van der Waals surface area contributed by atoms with Gasteiger partial charge in [-0.15, -0.1) is 0 Å². The van der Waals surface area contributed by atoms with Crippen LogP contribution in [0.5, 0.6) is 0 Å². The minimum absolute atomic E-state index is 0.0960. The number of nitrogens with zero attached hydrogens (tertiary/aromatic N) is 3. The van der Waals surface area contributed by atoms with Gasteiger partial charge in [-0.2, -0.15) is 4.98 Å². The molecule has 1 saturated heterocycles. The van der Waals surface area contributed by atoms with E-state index < -0.39 is 6.10 Å². The third-order valence-electron chi connectivity index (χ3n) is 5.04. The highest BCUT2D eigenvalue weighted by Crippen LogP contribution is 2.33. The molecule has 4 rings (SSSR count). The van der Waals surface area contributed by atoms with Crippen LogP contribution in [-0.2, 0) is 11.3 Å². The van der Waals surface area contributed by atoms with Gasteiger partial charge in [-0.05, 0) is 37.1 Å². The van der Waals surface area contributed by atoms with Gasteiger partial charge in [0.2, 0.25) is 17.6 Å². The number of rotatable bonds is 5. The van der Waals surface area contributed by atoms with Crippen LogP contribution in [0, 0.1) is 6.92 Å². The van der Waals surface area contributed by atoms with Crippen LogP contribution < -0.4 is 5.32 Å². The number of aryl methyl sites for hydroxylation is 1. The van der Waals surface area contributed by atoms with Crippen LogP contribution in [0.3, 0.4) is 0 Å². The summed E-state index contributed by atoms with van der Waals surface area (Å²) in [6.45, 7) is 4.70. The fraction of sp³-hybridized carbons (Fsp3) is 0.318. The quantitative estimate of drug-likeness (QED) is 0.692. The van der Waals surface area contributed by atoms with Crippen LogP contribution in [0.25, 0.3) is 11.4 Å². The van der Waals surface area contributed by atoms with E-state index in [4.69, 9.17) is 4.52 Å². The van der Waals surface area contributed by atoms with E-state index in [9.17, 15) is 9.90 Å². The average Bonchev–Trinajstić information content (AvgIpc) is 3.30. The van der Waals surface area contributed by atoms with Gasteiger partial charge >= 0.3 is 0 Å². The van der Waals surface area contributed by atoms with E-state index in [0.29, 0.717) is 31.2 Å². The number of anilines is 1. The van der Waals surface area contributed by atoms with Crippen molar-refractivity contribution in [2.75, 3.05) is 11.9 Å². The number of benzene rings is 2. The molecule has 1 fully saturated rings. The van der Waals surface area contributed by atoms with Gasteiger partial charge < -0.3 is 14.9 Å². The molecular formula is C22H24N4O3. The predicted molar refractivity (Wildman–Crippen MR) is 109 cm³/mol. The highest BCUT2D eigenvalue weighted by molar-refractivity contribution is 5.88. The van der Waals surface area contributed by atoms with Crippen molar-refractivity contribution in [3.8, 4) is 11.4 Å². The maximum absolute atomic E-state index is 11.2. The van der Waals surface area contributed by atoms with E-state index in [0.717, 1.165) is 22.4 Å². The lowest BCUT2D eigenvalue weighted by molar-refractivity contribution is -0.114. The number of aliphatic hydroxyl groups is 1. The van der Waals surface area contributed by atoms with Crippen LogP contribution >= 0.6 is 0 Å². The molecular weight excluding hydrogens is 368 g/mol. The van der Waals surface area contributed by atoms with Gasteiger partial charge in [-0.1, -0.05) is 41.1 Å². The molecule has 0 spiro atoms. The number of amides is 1. The Hall–Kier alpha value is -3.03. The SMILES string of the molecule is CC(=O)Nc1ccc(CN2CC(O)CC2c2nc(-c3cccc(C)c3)no2)cc1. The molecule has 0 aliphatic carbocycles. The Balaban J connectivity index is 1.50. The monoisotopic (exact) mass is 392 g/mol. The van der Waals surface area contributed by atoms with Crippen LogP contribution in [0.15, 0.2) is 53.1 Å². The Labute approximate surface area is 169 Å². The standard InChI is InChI=1S/C22H24N4O3/c1-14-4-3-5-17(10-14)21-24-22(29-25-21)20-11-19(28)13-26(20)12-16-6-8-18(9-7-16)23-15(2)27/h3-10,19-20,28H,11-13H2,1-2H3,(H,23,27). The van der Waals surface area contributed by atoms with Crippen molar-refractivity contribution in [3.63, 3.8) is 0 Å². The fourth-order valence-corrected chi connectivity index (χ4v) is 3.71. The first-order valence-electron chi connectivity index (χ1n) is 9.67. The number of carbonyl (C=O) groups excluding carboxylic acids is 1. The van der Waals surface area contributed by atoms with Crippen molar-refractivity contribution >= 4 is 11.6 Å². The molecule has 0 bridgehead atoms. The van der Waals surface area contributed by atoms with Crippen molar-refractivity contribution in [1.82, 2.24) is 15.0 Å². The van der Waals surface area contributed by atoms with Crippen LogP contribution in [0.2, 0.25) is 0 Å². The molecule has 1 aromatic heterocycles. The Bertz CT molecular complexity index is 999. The lowest BCUT2D eigenvalue weighted by atomic mass is 10.1. The predicted octanol–water partition coefficient (Wildman–Crippen LogP) is 3.31. The van der Waals surface area contributed by atoms with E-state index >= 15 is 0 Å². The first kappa shape index (κ1) is 19.3. The zero-order valence-corrected chi connectivity index (χ0v) is 16.5. The first-order valence-corrected chi connectivity index (χ1v) is 9.67. The van der Waals surface area contributed by atoms with Crippen molar-refractivity contribution < 1.29 is 14.4 Å². The molecule has 2 aromatic carbocycles. The molecule has 2 N–H and O–H groups in total. The molecule has 1 aliphatic heterocycles. The minimum Gasteiger partial charge on any atom is -0.392 e. The van der Waals surface area contributed by atoms with Gasteiger partial charge in [0.25, 0.3) is 0 Å². The van der Waals surface area contributed by atoms with Crippen molar-refractivity contribution in [2.45, 2.75) is 39.0 Å². The summed E-state index contributed by atoms with van der Waals surface area (Å²) in [6.07, 6.45) is 0.118. The van der Waals surface area contributed by atoms with E-state index in [1.54, 1.807) is 0 Å². The highest BCUT2D eigenvalue weighted by atomic mass is 16.5. The number of β-amino-alcohol motifs (C(OH)–C–C–N with tert-alkyl or cyclic N) is 1. The summed E-state index contributed by atoms with van der Waals surface area (Å²) in [7, 11) is 0. The number of hydrogen-bond donors (Lipinski definition) is 2. The van der Waals surface area contributed by atoms with E-state index in [1.807, 2.05) is 55.5 Å². The maximum Gasteiger partial charge on any atom is 0.244 e. The molecule has 2 unspecified atom stereocenters. The van der Waals surface area contributed by atoms with Gasteiger partial charge in [-0.3, -0.25) is 9.69 Å². The van der Waals surface area contributed by atoms with E-state index in [2.05, 4.69) is 20.4 Å². The molecule has 0 radical (unpaired) electrons. The third kappa shape index (κ3) is 4.52. The second-order valence-corrected chi connectivity index (χ2v) is 7.54.